The maximum absolute atomic E-state index is 5.84. The first-order valence-electron chi connectivity index (χ1n) is 9.33. The summed E-state index contributed by atoms with van der Waals surface area (Å²) in [7, 11) is 0. The summed E-state index contributed by atoms with van der Waals surface area (Å²) in [6, 6.07) is 29.7. The van der Waals surface area contributed by atoms with Crippen LogP contribution in [0, 0.1) is 0 Å². The smallest absolute Gasteiger partial charge is 0.188 e. The fourth-order valence-electron chi connectivity index (χ4n) is 3.09. The highest BCUT2D eigenvalue weighted by molar-refractivity contribution is 7.80. The molecule has 0 radical (unpaired) electrons. The van der Waals surface area contributed by atoms with Crippen LogP contribution in [-0.2, 0) is 0 Å². The molecule has 0 bridgehead atoms. The first-order valence-corrected chi connectivity index (χ1v) is 9.74. The molecule has 1 heterocycles. The normalized spacial score (nSPS) is 16.6. The van der Waals surface area contributed by atoms with Crippen molar-refractivity contribution in [2.24, 2.45) is 9.98 Å². The van der Waals surface area contributed by atoms with Crippen molar-refractivity contribution < 1.29 is 0 Å². The number of para-hydroxylation sites is 3. The molecule has 0 atom stereocenters. The molecule has 1 fully saturated rings. The number of aliphatic imine (C=N–C) groups is 2. The minimum atomic E-state index is 0.543. The predicted octanol–water partition coefficient (Wildman–Crippen LogP) is 5.74. The number of amidine groups is 2. The van der Waals surface area contributed by atoms with Gasteiger partial charge in [0.05, 0.1) is 11.4 Å². The highest BCUT2D eigenvalue weighted by atomic mass is 32.1. The van der Waals surface area contributed by atoms with Gasteiger partial charge < -0.3 is 0 Å². The molecule has 0 unspecified atom stereocenters. The van der Waals surface area contributed by atoms with Gasteiger partial charge in [-0.2, -0.15) is 0 Å². The van der Waals surface area contributed by atoms with E-state index in [2.05, 4.69) is 6.58 Å². The Labute approximate surface area is 176 Å². The van der Waals surface area contributed by atoms with Crippen LogP contribution in [-0.4, -0.2) is 28.2 Å². The van der Waals surface area contributed by atoms with Crippen LogP contribution in [0.4, 0.5) is 17.1 Å². The highest BCUT2D eigenvalue weighted by Gasteiger charge is 2.38. The highest BCUT2D eigenvalue weighted by Crippen LogP contribution is 2.27. The van der Waals surface area contributed by atoms with Gasteiger partial charge >= 0.3 is 0 Å². The molecule has 3 aromatic rings. The van der Waals surface area contributed by atoms with Gasteiger partial charge in [0.15, 0.2) is 16.8 Å². The third-order valence-corrected chi connectivity index (χ3v) is 4.80. The number of rotatable bonds is 5. The van der Waals surface area contributed by atoms with E-state index >= 15 is 0 Å². The van der Waals surface area contributed by atoms with E-state index in [1.807, 2.05) is 107 Å². The van der Waals surface area contributed by atoms with Crippen LogP contribution >= 0.6 is 12.2 Å². The molecule has 1 aliphatic heterocycles. The van der Waals surface area contributed by atoms with Gasteiger partial charge in [0.25, 0.3) is 0 Å². The summed E-state index contributed by atoms with van der Waals surface area (Å²) in [5.74, 6) is 1.40. The second-order valence-electron chi connectivity index (χ2n) is 6.39. The number of thiocarbonyl (C=S) groups is 1. The van der Waals surface area contributed by atoms with E-state index in [1.165, 1.54) is 0 Å². The lowest BCUT2D eigenvalue weighted by Crippen LogP contribution is -2.33. The van der Waals surface area contributed by atoms with Gasteiger partial charge in [0.1, 0.15) is 0 Å². The molecule has 0 saturated carbocycles. The summed E-state index contributed by atoms with van der Waals surface area (Å²) in [6.07, 6.45) is 1.82. The largest absolute Gasteiger partial charge is 0.296 e. The van der Waals surface area contributed by atoms with Crippen molar-refractivity contribution >= 4 is 46.1 Å². The van der Waals surface area contributed by atoms with Gasteiger partial charge in [-0.25, -0.2) is 9.98 Å². The molecule has 0 N–H and O–H groups in total. The monoisotopic (exact) mass is 396 g/mol. The Morgan fingerprint density at radius 3 is 1.72 bits per heavy atom. The van der Waals surface area contributed by atoms with E-state index in [9.17, 15) is 0 Å². The Morgan fingerprint density at radius 2 is 1.21 bits per heavy atom. The minimum Gasteiger partial charge on any atom is -0.296 e. The lowest BCUT2D eigenvalue weighted by molar-refractivity contribution is 0.708. The number of benzene rings is 3. The fourth-order valence-corrected chi connectivity index (χ4v) is 3.44. The number of hydrogen-bond acceptors (Lipinski definition) is 3. The standard InChI is InChI=1S/C24H20N4S/c1-2-18-27-22(25-19-12-6-3-7-13-19)23(26-20-14-8-4-9-15-20)28(24(27)29)21-16-10-5-11-17-21/h2-17H,1,18H2. The van der Waals surface area contributed by atoms with Gasteiger partial charge in [-0.1, -0.05) is 60.7 Å². The van der Waals surface area contributed by atoms with Crippen LogP contribution in [0.5, 0.6) is 0 Å². The SMILES string of the molecule is C=CCN1C(=S)N(c2ccccc2)C(=Nc2ccccc2)C1=Nc1ccccc1. The molecule has 0 aliphatic carbocycles. The molecule has 142 valence electrons. The molecule has 0 amide bonds. The zero-order valence-electron chi connectivity index (χ0n) is 15.8. The molecule has 29 heavy (non-hydrogen) atoms. The van der Waals surface area contributed by atoms with Crippen molar-refractivity contribution in [2.75, 3.05) is 11.4 Å². The Hall–Kier alpha value is -3.57. The van der Waals surface area contributed by atoms with Crippen LogP contribution < -0.4 is 4.90 Å². The molecule has 0 spiro atoms. The zero-order valence-corrected chi connectivity index (χ0v) is 16.7. The first kappa shape index (κ1) is 18.8. The van der Waals surface area contributed by atoms with Crippen molar-refractivity contribution in [3.05, 3.63) is 104 Å². The molecule has 1 saturated heterocycles. The second kappa shape index (κ2) is 8.63. The van der Waals surface area contributed by atoms with Crippen LogP contribution in [0.2, 0.25) is 0 Å². The average molecular weight is 397 g/mol. The first-order chi connectivity index (χ1) is 14.3. The molecule has 4 rings (SSSR count). The quantitative estimate of drug-likeness (QED) is 0.407. The van der Waals surface area contributed by atoms with Crippen molar-refractivity contribution in [1.82, 2.24) is 4.90 Å². The Balaban J connectivity index is 1.91. The Bertz CT molecular complexity index is 1060. The van der Waals surface area contributed by atoms with Crippen LogP contribution in [0.3, 0.4) is 0 Å². The summed E-state index contributed by atoms with van der Waals surface area (Å²) < 4.78 is 0. The minimum absolute atomic E-state index is 0.543. The predicted molar refractivity (Wildman–Crippen MR) is 125 cm³/mol. The van der Waals surface area contributed by atoms with E-state index in [1.54, 1.807) is 0 Å². The van der Waals surface area contributed by atoms with Gasteiger partial charge in [0.2, 0.25) is 0 Å². The van der Waals surface area contributed by atoms with Gasteiger partial charge in [-0.05, 0) is 48.6 Å². The third-order valence-electron chi connectivity index (χ3n) is 4.40. The van der Waals surface area contributed by atoms with Gasteiger partial charge in [-0.3, -0.25) is 9.80 Å². The lowest BCUT2D eigenvalue weighted by atomic mass is 10.3. The fraction of sp³-hybridized carbons (Fsp3) is 0.0417. The summed E-state index contributed by atoms with van der Waals surface area (Å²) in [6.45, 7) is 4.44. The Kier molecular flexibility index (Phi) is 5.59. The number of hydrogen-bond donors (Lipinski definition) is 0. The van der Waals surface area contributed by atoms with E-state index in [-0.39, 0.29) is 0 Å². The molecule has 5 heteroatoms. The maximum Gasteiger partial charge on any atom is 0.188 e. The van der Waals surface area contributed by atoms with E-state index < -0.39 is 0 Å². The van der Waals surface area contributed by atoms with Gasteiger partial charge in [0, 0.05) is 12.2 Å². The van der Waals surface area contributed by atoms with Crippen molar-refractivity contribution in [1.29, 1.82) is 0 Å². The van der Waals surface area contributed by atoms with Crippen LogP contribution in [0.15, 0.2) is 114 Å². The van der Waals surface area contributed by atoms with Crippen LogP contribution in [0.25, 0.3) is 0 Å². The molecule has 0 aromatic heterocycles. The summed E-state index contributed by atoms with van der Waals surface area (Å²) >= 11 is 5.84. The third kappa shape index (κ3) is 4.00. The topological polar surface area (TPSA) is 31.2 Å². The van der Waals surface area contributed by atoms with Gasteiger partial charge in [-0.15, -0.1) is 6.58 Å². The molecule has 4 nitrogen and oxygen atoms in total. The average Bonchev–Trinajstić information content (AvgIpc) is 3.01. The summed E-state index contributed by atoms with van der Waals surface area (Å²) in [5.41, 5.74) is 2.63. The molecular formula is C24H20N4S. The molecule has 3 aromatic carbocycles. The molecular weight excluding hydrogens is 376 g/mol. The summed E-state index contributed by atoms with van der Waals surface area (Å²) in [4.78, 5) is 13.7. The van der Waals surface area contributed by atoms with Crippen LogP contribution in [0.1, 0.15) is 0 Å². The maximum atomic E-state index is 5.84. The van der Waals surface area contributed by atoms with Crippen molar-refractivity contribution in [3.8, 4) is 0 Å². The van der Waals surface area contributed by atoms with E-state index in [4.69, 9.17) is 22.2 Å². The summed E-state index contributed by atoms with van der Waals surface area (Å²) in [5, 5.41) is 0.625. The number of anilines is 1. The second-order valence-corrected chi connectivity index (χ2v) is 6.76. The number of nitrogens with zero attached hydrogens (tertiary/aromatic N) is 4. The zero-order chi connectivity index (χ0) is 20.1. The van der Waals surface area contributed by atoms with Crippen molar-refractivity contribution in [2.45, 2.75) is 0 Å². The lowest BCUT2D eigenvalue weighted by Gasteiger charge is -2.19. The van der Waals surface area contributed by atoms with Crippen molar-refractivity contribution in [3.63, 3.8) is 0 Å². The Morgan fingerprint density at radius 1 is 0.724 bits per heavy atom. The van der Waals surface area contributed by atoms with E-state index in [0.717, 1.165) is 17.1 Å². The van der Waals surface area contributed by atoms with E-state index in [0.29, 0.717) is 23.3 Å². The molecule has 1 aliphatic rings.